The lowest BCUT2D eigenvalue weighted by Crippen LogP contribution is -2.45. The molecular weight excluding hydrogens is 765 g/mol. The fraction of sp³-hybridized carbons (Fsp3) is 0.462. The van der Waals surface area contributed by atoms with Crippen LogP contribution < -0.4 is 20.7 Å². The summed E-state index contributed by atoms with van der Waals surface area (Å²) in [4.78, 5) is 0. The molecule has 0 amide bonds. The maximum absolute atomic E-state index is 2.78. The van der Waals surface area contributed by atoms with Crippen LogP contribution >= 0.6 is 0 Å². The van der Waals surface area contributed by atoms with E-state index in [2.05, 4.69) is 177 Å². The number of fused-ring (bicyclic) bond motifs is 2. The van der Waals surface area contributed by atoms with Crippen molar-refractivity contribution >= 4 is 73.3 Å². The molecule has 4 aromatic rings. The number of hydrogen-bond acceptors (Lipinski definition) is 0. The van der Waals surface area contributed by atoms with E-state index in [0.29, 0.717) is 0 Å². The van der Waals surface area contributed by atoms with Crippen molar-refractivity contribution in [3.63, 3.8) is 0 Å². The van der Waals surface area contributed by atoms with Crippen molar-refractivity contribution in [3.05, 3.63) is 105 Å². The Morgan fingerprint density at radius 3 is 1.05 bits per heavy atom. The van der Waals surface area contributed by atoms with Gasteiger partial charge in [0.05, 0.1) is 32.3 Å². The molecule has 57 heavy (non-hydrogen) atoms. The average Bonchev–Trinajstić information content (AvgIpc) is 3.78. The topological polar surface area (TPSA) is 0 Å². The zero-order valence-electron chi connectivity index (χ0n) is 38.7. The van der Waals surface area contributed by atoms with Crippen molar-refractivity contribution in [2.24, 2.45) is 0 Å². The van der Waals surface area contributed by atoms with Crippen LogP contribution in [0.2, 0.25) is 90.7 Å². The van der Waals surface area contributed by atoms with Gasteiger partial charge in [0, 0.05) is 0 Å². The van der Waals surface area contributed by atoms with Crippen molar-refractivity contribution in [1.29, 1.82) is 0 Å². The van der Waals surface area contributed by atoms with Crippen LogP contribution in [0.4, 0.5) is 0 Å². The maximum Gasteiger partial charge on any atom is 0.109 e. The molecule has 0 heterocycles. The van der Waals surface area contributed by atoms with Crippen molar-refractivity contribution < 1.29 is 0 Å². The molecule has 0 atom stereocenters. The van der Waals surface area contributed by atoms with Crippen LogP contribution in [-0.4, -0.2) is 40.4 Å². The number of allylic oxidation sites excluding steroid dienone is 2. The van der Waals surface area contributed by atoms with Crippen LogP contribution in [0.3, 0.4) is 0 Å². The third kappa shape index (κ3) is 9.59. The van der Waals surface area contributed by atoms with E-state index in [4.69, 9.17) is 0 Å². The van der Waals surface area contributed by atoms with E-state index in [-0.39, 0.29) is 0 Å². The first-order chi connectivity index (χ1) is 26.7. The summed E-state index contributed by atoms with van der Waals surface area (Å²) in [5.41, 5.74) is 12.1. The van der Waals surface area contributed by atoms with Gasteiger partial charge in [-0.3, -0.25) is 0 Å². The van der Waals surface area contributed by atoms with Gasteiger partial charge in [-0.15, -0.1) is 0 Å². The number of rotatable bonds is 16. The zero-order chi connectivity index (χ0) is 41.6. The molecule has 5 heteroatoms. The van der Waals surface area contributed by atoms with Crippen LogP contribution in [0.15, 0.2) is 83.2 Å². The van der Waals surface area contributed by atoms with E-state index in [1.54, 1.807) is 31.9 Å². The summed E-state index contributed by atoms with van der Waals surface area (Å²) >= 11 is 0. The second-order valence-electron chi connectivity index (χ2n) is 22.0. The summed E-state index contributed by atoms with van der Waals surface area (Å²) in [7, 11) is -8.09. The molecule has 0 saturated heterocycles. The summed E-state index contributed by atoms with van der Waals surface area (Å²) in [5, 5.41) is 10.1. The summed E-state index contributed by atoms with van der Waals surface area (Å²) in [6.45, 7) is 35.0. The van der Waals surface area contributed by atoms with E-state index in [1.807, 2.05) is 10.4 Å². The fourth-order valence-electron chi connectivity index (χ4n) is 9.48. The molecular formula is C52H76Si5. The normalized spacial score (nSPS) is 14.8. The minimum Gasteiger partial charge on any atom is -0.0709 e. The van der Waals surface area contributed by atoms with E-state index < -0.39 is 40.4 Å². The first-order valence-corrected chi connectivity index (χ1v) is 39.1. The Kier molecular flexibility index (Phi) is 13.0. The predicted molar refractivity (Wildman–Crippen MR) is 273 cm³/mol. The lowest BCUT2D eigenvalue weighted by atomic mass is 9.97. The zero-order valence-corrected chi connectivity index (χ0v) is 43.7. The minimum atomic E-state index is -2.06. The molecule has 304 valence electrons. The summed E-state index contributed by atoms with van der Waals surface area (Å²) in [6.07, 6.45) is 15.8. The highest BCUT2D eigenvalue weighted by Crippen LogP contribution is 2.48. The van der Waals surface area contributed by atoms with E-state index in [0.717, 1.165) is 12.8 Å². The van der Waals surface area contributed by atoms with Crippen LogP contribution in [0.25, 0.3) is 34.4 Å². The van der Waals surface area contributed by atoms with Gasteiger partial charge in [-0.05, 0) is 69.4 Å². The second kappa shape index (κ2) is 16.8. The molecule has 0 fully saturated rings. The standard InChI is InChI=1S/C52H76Si5/c1-15-17-19-27-57(28-20-18-16-2,47-29-39-23-21-25-49(51(39)37-47)41-31-43(53(3,4)5)35-44(32-41)54(6,7)8)48-30-40-24-22-26-50(52(40)38-48)42-33-45(55(9,10)11)36-46(34-42)56(12,13)14/h21-26,31-38H,15-20,27-30H2,1-14H3. The second-order valence-corrected chi connectivity index (χ2v) is 46.8. The van der Waals surface area contributed by atoms with Gasteiger partial charge >= 0.3 is 0 Å². The lowest BCUT2D eigenvalue weighted by Gasteiger charge is -2.36. The monoisotopic (exact) mass is 840 g/mol. The van der Waals surface area contributed by atoms with Crippen molar-refractivity contribution in [1.82, 2.24) is 0 Å². The molecule has 0 unspecified atom stereocenters. The number of benzene rings is 4. The van der Waals surface area contributed by atoms with Crippen LogP contribution in [0.5, 0.6) is 0 Å². The highest BCUT2D eigenvalue weighted by atomic mass is 28.3. The van der Waals surface area contributed by atoms with Crippen molar-refractivity contribution in [2.75, 3.05) is 0 Å². The van der Waals surface area contributed by atoms with Crippen LogP contribution in [0, 0.1) is 0 Å². The van der Waals surface area contributed by atoms with Crippen molar-refractivity contribution in [3.8, 4) is 22.3 Å². The van der Waals surface area contributed by atoms with Crippen molar-refractivity contribution in [2.45, 2.75) is 156 Å². The van der Waals surface area contributed by atoms with Gasteiger partial charge in [0.15, 0.2) is 0 Å². The van der Waals surface area contributed by atoms with Gasteiger partial charge in [-0.2, -0.15) is 0 Å². The Morgan fingerprint density at radius 2 is 0.754 bits per heavy atom. The minimum absolute atomic E-state index is 1.14. The van der Waals surface area contributed by atoms with Gasteiger partial charge in [0.25, 0.3) is 0 Å². The third-order valence-electron chi connectivity index (χ3n) is 13.4. The molecule has 0 aliphatic heterocycles. The van der Waals surface area contributed by atoms with Gasteiger partial charge < -0.3 is 0 Å². The largest absolute Gasteiger partial charge is 0.109 e. The molecule has 0 nitrogen and oxygen atoms in total. The highest BCUT2D eigenvalue weighted by molar-refractivity contribution is 6.94. The molecule has 4 aromatic carbocycles. The number of unbranched alkanes of at least 4 members (excludes halogenated alkanes) is 4. The molecule has 0 saturated carbocycles. The molecule has 0 bridgehead atoms. The number of hydrogen-bond donors (Lipinski definition) is 0. The SMILES string of the molecule is CCCCC[Si](CCCCC)(C1=Cc2c(cccc2-c2cc([Si](C)(C)C)cc([Si](C)(C)C)c2)C1)C1=Cc2c(cccc2-c2cc([Si](C)(C)C)cc([Si](C)(C)C)c2)C1. The molecule has 6 rings (SSSR count). The Balaban J connectivity index is 1.53. The fourth-order valence-corrected chi connectivity index (χ4v) is 20.0. The maximum atomic E-state index is 2.78. The lowest BCUT2D eigenvalue weighted by molar-refractivity contribution is 0.739. The average molecular weight is 842 g/mol. The van der Waals surface area contributed by atoms with Gasteiger partial charge in [-0.1, -0.05) is 247 Å². The van der Waals surface area contributed by atoms with Gasteiger partial charge in [0.1, 0.15) is 8.07 Å². The van der Waals surface area contributed by atoms with Gasteiger partial charge in [0.2, 0.25) is 0 Å². The first-order valence-electron chi connectivity index (χ1n) is 22.6. The molecule has 2 aliphatic carbocycles. The molecule has 0 radical (unpaired) electrons. The summed E-state index contributed by atoms with van der Waals surface area (Å²) in [6, 6.07) is 32.9. The Bertz CT molecular complexity index is 1940. The molecule has 0 spiro atoms. The first kappa shape index (κ1) is 44.0. The summed E-state index contributed by atoms with van der Waals surface area (Å²) < 4.78 is 0. The smallest absolute Gasteiger partial charge is 0.0709 e. The molecule has 0 N–H and O–H groups in total. The highest BCUT2D eigenvalue weighted by Gasteiger charge is 2.43. The Hall–Kier alpha value is -2.56. The van der Waals surface area contributed by atoms with E-state index >= 15 is 0 Å². The predicted octanol–water partition coefficient (Wildman–Crippen LogP) is 13.7. The molecule has 2 aliphatic rings. The Morgan fingerprint density at radius 1 is 0.421 bits per heavy atom. The van der Waals surface area contributed by atoms with E-state index in [1.165, 1.54) is 84.0 Å². The van der Waals surface area contributed by atoms with Crippen LogP contribution in [0.1, 0.15) is 74.6 Å². The quantitative estimate of drug-likeness (QED) is 0.0779. The van der Waals surface area contributed by atoms with Gasteiger partial charge in [-0.25, -0.2) is 0 Å². The molecule has 0 aromatic heterocycles. The summed E-state index contributed by atoms with van der Waals surface area (Å²) in [5.74, 6) is 0. The van der Waals surface area contributed by atoms with E-state index in [9.17, 15) is 0 Å². The third-order valence-corrected chi connectivity index (χ3v) is 27.0. The Labute approximate surface area is 354 Å². The van der Waals surface area contributed by atoms with Crippen LogP contribution in [-0.2, 0) is 12.8 Å².